The molecule has 2 aromatic carbocycles. The van der Waals surface area contributed by atoms with Crippen LogP contribution in [-0.4, -0.2) is 16.1 Å². The van der Waals surface area contributed by atoms with Crippen molar-refractivity contribution in [3.05, 3.63) is 54.6 Å². The minimum atomic E-state index is 0.0466. The fourth-order valence-corrected chi connectivity index (χ4v) is 2.49. The normalized spacial score (nSPS) is 10.6. The van der Waals surface area contributed by atoms with Crippen LogP contribution in [0.5, 0.6) is 0 Å². The van der Waals surface area contributed by atoms with Gasteiger partial charge in [0.05, 0.1) is 0 Å². The third kappa shape index (κ3) is 4.53. The van der Waals surface area contributed by atoms with Crippen molar-refractivity contribution in [1.29, 1.82) is 0 Å². The molecule has 5 nitrogen and oxygen atoms in total. The molecule has 0 fully saturated rings. The molecule has 1 aromatic heterocycles. The Kier molecular flexibility index (Phi) is 5.57. The van der Waals surface area contributed by atoms with Gasteiger partial charge in [0.25, 0.3) is 0 Å². The van der Waals surface area contributed by atoms with Crippen LogP contribution in [0.25, 0.3) is 22.9 Å². The summed E-state index contributed by atoms with van der Waals surface area (Å²) in [6, 6.07) is 17.1. The van der Waals surface area contributed by atoms with Crippen LogP contribution in [0.1, 0.15) is 32.6 Å². The van der Waals surface area contributed by atoms with Crippen molar-refractivity contribution in [3.8, 4) is 22.9 Å². The maximum Gasteiger partial charge on any atom is 0.248 e. The van der Waals surface area contributed by atoms with Crippen molar-refractivity contribution in [2.24, 2.45) is 0 Å². The number of aromatic nitrogens is 2. The third-order valence-corrected chi connectivity index (χ3v) is 3.87. The Morgan fingerprint density at radius 2 is 1.56 bits per heavy atom. The second-order valence-electron chi connectivity index (χ2n) is 5.86. The van der Waals surface area contributed by atoms with E-state index in [-0.39, 0.29) is 5.91 Å². The fourth-order valence-electron chi connectivity index (χ4n) is 2.49. The number of unbranched alkanes of at least 4 members (excludes halogenated alkanes) is 2. The molecule has 0 aliphatic rings. The first-order valence-electron chi connectivity index (χ1n) is 8.55. The largest absolute Gasteiger partial charge is 0.416 e. The molecule has 0 aliphatic heterocycles. The van der Waals surface area contributed by atoms with Gasteiger partial charge < -0.3 is 9.73 Å². The number of hydrogen-bond acceptors (Lipinski definition) is 4. The van der Waals surface area contributed by atoms with Crippen LogP contribution < -0.4 is 5.32 Å². The van der Waals surface area contributed by atoms with Crippen molar-refractivity contribution in [2.45, 2.75) is 32.6 Å². The molecule has 0 bridgehead atoms. The van der Waals surface area contributed by atoms with E-state index in [0.29, 0.717) is 18.2 Å². The molecular formula is C20H21N3O2. The van der Waals surface area contributed by atoms with Crippen LogP contribution in [0, 0.1) is 0 Å². The van der Waals surface area contributed by atoms with Gasteiger partial charge in [-0.25, -0.2) is 0 Å². The van der Waals surface area contributed by atoms with Crippen molar-refractivity contribution in [2.75, 3.05) is 5.32 Å². The number of benzene rings is 2. The Hall–Kier alpha value is -2.95. The number of carbonyl (C=O) groups is 1. The van der Waals surface area contributed by atoms with Crippen molar-refractivity contribution in [1.82, 2.24) is 10.2 Å². The maximum atomic E-state index is 11.9. The molecule has 25 heavy (non-hydrogen) atoms. The van der Waals surface area contributed by atoms with E-state index in [2.05, 4.69) is 22.4 Å². The van der Waals surface area contributed by atoms with Crippen molar-refractivity contribution < 1.29 is 9.21 Å². The minimum Gasteiger partial charge on any atom is -0.416 e. The SMILES string of the molecule is CCCCCC(=O)Nc1ccc(-c2nnc(-c3ccccc3)o2)cc1. The van der Waals surface area contributed by atoms with Crippen LogP contribution in [0.15, 0.2) is 59.0 Å². The number of amides is 1. The molecule has 0 atom stereocenters. The summed E-state index contributed by atoms with van der Waals surface area (Å²) < 4.78 is 5.73. The first-order chi connectivity index (χ1) is 12.3. The van der Waals surface area contributed by atoms with Gasteiger partial charge in [-0.05, 0) is 42.8 Å². The second kappa shape index (κ2) is 8.24. The Balaban J connectivity index is 1.65. The fraction of sp³-hybridized carbons (Fsp3) is 0.250. The van der Waals surface area contributed by atoms with Crippen LogP contribution in [-0.2, 0) is 4.79 Å². The smallest absolute Gasteiger partial charge is 0.248 e. The van der Waals surface area contributed by atoms with E-state index in [1.165, 1.54) is 0 Å². The molecule has 128 valence electrons. The molecule has 3 rings (SSSR count). The number of hydrogen-bond donors (Lipinski definition) is 1. The number of rotatable bonds is 7. The molecule has 0 unspecified atom stereocenters. The van der Waals surface area contributed by atoms with E-state index < -0.39 is 0 Å². The monoisotopic (exact) mass is 335 g/mol. The lowest BCUT2D eigenvalue weighted by molar-refractivity contribution is -0.116. The van der Waals surface area contributed by atoms with Crippen LogP contribution in [0.4, 0.5) is 5.69 Å². The first-order valence-corrected chi connectivity index (χ1v) is 8.55. The van der Waals surface area contributed by atoms with Gasteiger partial charge in [-0.3, -0.25) is 4.79 Å². The molecule has 0 aliphatic carbocycles. The summed E-state index contributed by atoms with van der Waals surface area (Å²) in [5.41, 5.74) is 2.48. The summed E-state index contributed by atoms with van der Waals surface area (Å²) in [4.78, 5) is 11.9. The molecule has 0 saturated carbocycles. The Labute approximate surface area is 147 Å². The predicted molar refractivity (Wildman–Crippen MR) is 97.9 cm³/mol. The van der Waals surface area contributed by atoms with Gasteiger partial charge in [0.15, 0.2) is 0 Å². The average Bonchev–Trinajstić information content (AvgIpc) is 3.13. The average molecular weight is 335 g/mol. The van der Waals surface area contributed by atoms with Gasteiger partial charge in [-0.2, -0.15) is 0 Å². The highest BCUT2D eigenvalue weighted by atomic mass is 16.4. The van der Waals surface area contributed by atoms with E-state index in [4.69, 9.17) is 4.42 Å². The highest BCUT2D eigenvalue weighted by molar-refractivity contribution is 5.90. The molecule has 1 N–H and O–H groups in total. The zero-order valence-electron chi connectivity index (χ0n) is 14.2. The zero-order valence-corrected chi connectivity index (χ0v) is 14.2. The van der Waals surface area contributed by atoms with Gasteiger partial charge in [-0.15, -0.1) is 10.2 Å². The number of nitrogens with one attached hydrogen (secondary N) is 1. The van der Waals surface area contributed by atoms with Gasteiger partial charge in [0, 0.05) is 23.2 Å². The molecule has 0 radical (unpaired) electrons. The third-order valence-electron chi connectivity index (χ3n) is 3.87. The molecule has 1 amide bonds. The summed E-state index contributed by atoms with van der Waals surface area (Å²) in [5, 5.41) is 11.1. The van der Waals surface area contributed by atoms with Crippen molar-refractivity contribution >= 4 is 11.6 Å². The van der Waals surface area contributed by atoms with Gasteiger partial charge >= 0.3 is 0 Å². The zero-order chi connectivity index (χ0) is 17.5. The van der Waals surface area contributed by atoms with Crippen molar-refractivity contribution in [3.63, 3.8) is 0 Å². The second-order valence-corrected chi connectivity index (χ2v) is 5.86. The lowest BCUT2D eigenvalue weighted by Crippen LogP contribution is -2.10. The van der Waals surface area contributed by atoms with Crippen LogP contribution in [0.2, 0.25) is 0 Å². The Morgan fingerprint density at radius 1 is 0.920 bits per heavy atom. The van der Waals surface area contributed by atoms with Crippen LogP contribution >= 0.6 is 0 Å². The number of anilines is 1. The molecule has 1 heterocycles. The van der Waals surface area contributed by atoms with E-state index >= 15 is 0 Å². The van der Waals surface area contributed by atoms with Gasteiger partial charge in [0.2, 0.25) is 17.7 Å². The Bertz CT molecular complexity index is 810. The molecule has 0 saturated heterocycles. The maximum absolute atomic E-state index is 11.9. The summed E-state index contributed by atoms with van der Waals surface area (Å²) in [6.07, 6.45) is 3.66. The highest BCUT2D eigenvalue weighted by Crippen LogP contribution is 2.24. The van der Waals surface area contributed by atoms with E-state index in [9.17, 15) is 4.79 Å². The lowest BCUT2D eigenvalue weighted by atomic mass is 10.2. The summed E-state index contributed by atoms with van der Waals surface area (Å²) in [6.45, 7) is 2.12. The van der Waals surface area contributed by atoms with E-state index in [1.54, 1.807) is 0 Å². The lowest BCUT2D eigenvalue weighted by Gasteiger charge is -2.05. The van der Waals surface area contributed by atoms with Gasteiger partial charge in [-0.1, -0.05) is 38.0 Å². The Morgan fingerprint density at radius 3 is 2.20 bits per heavy atom. The molecule has 5 heteroatoms. The summed E-state index contributed by atoms with van der Waals surface area (Å²) in [5.74, 6) is 0.994. The van der Waals surface area contributed by atoms with Gasteiger partial charge in [0.1, 0.15) is 0 Å². The van der Waals surface area contributed by atoms with E-state index in [0.717, 1.165) is 36.1 Å². The quantitative estimate of drug-likeness (QED) is 0.622. The summed E-state index contributed by atoms with van der Waals surface area (Å²) >= 11 is 0. The minimum absolute atomic E-state index is 0.0466. The predicted octanol–water partition coefficient (Wildman–Crippen LogP) is 4.92. The first kappa shape index (κ1) is 16.9. The standard InChI is InChI=1S/C20H21N3O2/c1-2-3-5-10-18(24)21-17-13-11-16(12-14-17)20-23-22-19(25-20)15-8-6-4-7-9-15/h4,6-9,11-14H,2-3,5,10H2,1H3,(H,21,24). The highest BCUT2D eigenvalue weighted by Gasteiger charge is 2.10. The van der Waals surface area contributed by atoms with Crippen LogP contribution in [0.3, 0.4) is 0 Å². The molecular weight excluding hydrogens is 314 g/mol. The molecule has 0 spiro atoms. The van der Waals surface area contributed by atoms with E-state index in [1.807, 2.05) is 54.6 Å². The number of carbonyl (C=O) groups excluding carboxylic acids is 1. The topological polar surface area (TPSA) is 68.0 Å². The molecule has 3 aromatic rings. The number of nitrogens with zero attached hydrogens (tertiary/aromatic N) is 2. The summed E-state index contributed by atoms with van der Waals surface area (Å²) in [7, 11) is 0.